The highest BCUT2D eigenvalue weighted by molar-refractivity contribution is 6.17. The van der Waals surface area contributed by atoms with Crippen LogP contribution in [0.15, 0.2) is 0 Å². The molecule has 0 N–H and O–H groups in total. The predicted octanol–water partition coefficient (Wildman–Crippen LogP) is 1.59. The van der Waals surface area contributed by atoms with E-state index in [1.165, 1.54) is 7.11 Å². The van der Waals surface area contributed by atoms with Gasteiger partial charge >= 0.3 is 5.97 Å². The van der Waals surface area contributed by atoms with Gasteiger partial charge in [-0.05, 0) is 13.8 Å². The predicted molar refractivity (Wildman–Crippen MR) is 72.4 cm³/mol. The van der Waals surface area contributed by atoms with Crippen LogP contribution in [0.2, 0.25) is 0 Å². The average Bonchev–Trinajstić information content (AvgIpc) is 2.87. The monoisotopic (exact) mass is 284 g/mol. The molecule has 2 aromatic rings. The van der Waals surface area contributed by atoms with Crippen LogP contribution < -0.4 is 0 Å². The minimum absolute atomic E-state index is 0.311. The number of carbonyl (C=O) groups excluding carboxylic acids is 1. The molecule has 0 amide bonds. The van der Waals surface area contributed by atoms with E-state index in [1.807, 2.05) is 18.5 Å². The molecule has 19 heavy (non-hydrogen) atoms. The molecular formula is C12H17ClN4O2. The SMILES string of the molecule is COC(=O)C(C)n1c(CCCl)nc2c(C)nn(C)c21. The molecule has 0 spiro atoms. The number of carbonyl (C=O) groups is 1. The number of hydrogen-bond acceptors (Lipinski definition) is 4. The van der Waals surface area contributed by atoms with Crippen LogP contribution in [-0.2, 0) is 23.0 Å². The summed E-state index contributed by atoms with van der Waals surface area (Å²) in [5, 5.41) is 4.33. The number of ether oxygens (including phenoxy) is 1. The number of hydrogen-bond donors (Lipinski definition) is 0. The molecule has 104 valence electrons. The maximum absolute atomic E-state index is 11.8. The van der Waals surface area contributed by atoms with E-state index in [2.05, 4.69) is 10.1 Å². The smallest absolute Gasteiger partial charge is 0.328 e. The Morgan fingerprint density at radius 2 is 2.21 bits per heavy atom. The minimum Gasteiger partial charge on any atom is -0.467 e. The molecule has 1 atom stereocenters. The molecule has 0 fully saturated rings. The fraction of sp³-hybridized carbons (Fsp3) is 0.583. The normalized spacial score (nSPS) is 12.9. The number of rotatable bonds is 4. The summed E-state index contributed by atoms with van der Waals surface area (Å²) in [4.78, 5) is 16.3. The maximum atomic E-state index is 11.8. The number of imidazole rings is 1. The average molecular weight is 285 g/mol. The van der Waals surface area contributed by atoms with Crippen molar-refractivity contribution in [2.75, 3.05) is 13.0 Å². The molecule has 0 radical (unpaired) electrons. The molecule has 0 saturated carbocycles. The molecule has 0 aromatic carbocycles. The molecule has 6 nitrogen and oxygen atoms in total. The third-order valence-electron chi connectivity index (χ3n) is 3.16. The highest BCUT2D eigenvalue weighted by atomic mass is 35.5. The van der Waals surface area contributed by atoms with Crippen LogP contribution in [0, 0.1) is 6.92 Å². The Kier molecular flexibility index (Phi) is 3.80. The standard InChI is InChI=1S/C12H17ClN4O2/c1-7-10-11(16(3)15-7)17(8(2)12(18)19-4)9(14-10)5-6-13/h8H,5-6H2,1-4H3. The zero-order chi connectivity index (χ0) is 14.2. The summed E-state index contributed by atoms with van der Waals surface area (Å²) in [6, 6.07) is -0.456. The molecule has 0 saturated heterocycles. The number of halogens is 1. The second-order valence-electron chi connectivity index (χ2n) is 4.42. The van der Waals surface area contributed by atoms with Gasteiger partial charge < -0.3 is 4.74 Å². The van der Waals surface area contributed by atoms with Crippen molar-refractivity contribution < 1.29 is 9.53 Å². The number of aryl methyl sites for hydroxylation is 3. The quantitative estimate of drug-likeness (QED) is 0.632. The molecule has 0 aliphatic heterocycles. The fourth-order valence-corrected chi connectivity index (χ4v) is 2.45. The van der Waals surface area contributed by atoms with Gasteiger partial charge in [-0.15, -0.1) is 11.6 Å². The van der Waals surface area contributed by atoms with Crippen LogP contribution in [0.5, 0.6) is 0 Å². The largest absolute Gasteiger partial charge is 0.467 e. The van der Waals surface area contributed by atoms with E-state index in [0.717, 1.165) is 22.7 Å². The number of fused-ring (bicyclic) bond motifs is 1. The zero-order valence-corrected chi connectivity index (χ0v) is 12.2. The Morgan fingerprint density at radius 3 is 2.79 bits per heavy atom. The number of aromatic nitrogens is 4. The van der Waals surface area contributed by atoms with Gasteiger partial charge in [-0.25, -0.2) is 9.78 Å². The fourth-order valence-electron chi connectivity index (χ4n) is 2.28. The van der Waals surface area contributed by atoms with Crippen molar-refractivity contribution in [3.8, 4) is 0 Å². The molecule has 2 aromatic heterocycles. The number of alkyl halides is 1. The Balaban J connectivity index is 2.66. The Morgan fingerprint density at radius 1 is 1.53 bits per heavy atom. The van der Waals surface area contributed by atoms with E-state index in [9.17, 15) is 4.79 Å². The molecule has 7 heteroatoms. The zero-order valence-electron chi connectivity index (χ0n) is 11.5. The highest BCUT2D eigenvalue weighted by Gasteiger charge is 2.25. The van der Waals surface area contributed by atoms with Crippen LogP contribution in [0.1, 0.15) is 24.5 Å². The Bertz CT molecular complexity index is 617. The second kappa shape index (κ2) is 5.21. The van der Waals surface area contributed by atoms with Crippen molar-refractivity contribution in [3.05, 3.63) is 11.5 Å². The van der Waals surface area contributed by atoms with Crippen molar-refractivity contribution in [3.63, 3.8) is 0 Å². The Labute approximate surface area is 116 Å². The van der Waals surface area contributed by atoms with Crippen molar-refractivity contribution in [1.29, 1.82) is 0 Å². The first-order valence-electron chi connectivity index (χ1n) is 6.05. The molecule has 0 bridgehead atoms. The van der Waals surface area contributed by atoms with Crippen molar-refractivity contribution in [2.45, 2.75) is 26.3 Å². The molecular weight excluding hydrogens is 268 g/mol. The number of methoxy groups -OCH3 is 1. The third-order valence-corrected chi connectivity index (χ3v) is 3.34. The van der Waals surface area contributed by atoms with E-state index in [1.54, 1.807) is 11.6 Å². The van der Waals surface area contributed by atoms with E-state index in [0.29, 0.717) is 12.3 Å². The van der Waals surface area contributed by atoms with Gasteiger partial charge in [0.2, 0.25) is 0 Å². The molecule has 1 unspecified atom stereocenters. The highest BCUT2D eigenvalue weighted by Crippen LogP contribution is 2.24. The number of esters is 1. The second-order valence-corrected chi connectivity index (χ2v) is 4.80. The van der Waals surface area contributed by atoms with E-state index >= 15 is 0 Å². The summed E-state index contributed by atoms with van der Waals surface area (Å²) < 4.78 is 8.40. The van der Waals surface area contributed by atoms with Gasteiger partial charge in [0.15, 0.2) is 5.65 Å². The maximum Gasteiger partial charge on any atom is 0.328 e. The van der Waals surface area contributed by atoms with Crippen LogP contribution in [-0.4, -0.2) is 38.3 Å². The summed E-state index contributed by atoms with van der Waals surface area (Å²) in [7, 11) is 3.21. The van der Waals surface area contributed by atoms with Crippen LogP contribution in [0.4, 0.5) is 0 Å². The first-order valence-corrected chi connectivity index (χ1v) is 6.58. The van der Waals surface area contributed by atoms with Crippen molar-refractivity contribution in [1.82, 2.24) is 19.3 Å². The minimum atomic E-state index is -0.456. The first kappa shape index (κ1) is 13.9. The number of nitrogens with zero attached hydrogens (tertiary/aromatic N) is 4. The topological polar surface area (TPSA) is 61.9 Å². The van der Waals surface area contributed by atoms with E-state index in [-0.39, 0.29) is 5.97 Å². The van der Waals surface area contributed by atoms with Crippen molar-refractivity contribution >= 4 is 28.7 Å². The lowest BCUT2D eigenvalue weighted by atomic mass is 10.3. The van der Waals surface area contributed by atoms with Gasteiger partial charge in [-0.3, -0.25) is 9.25 Å². The van der Waals surface area contributed by atoms with Gasteiger partial charge in [0.05, 0.1) is 12.8 Å². The molecule has 2 rings (SSSR count). The molecule has 0 aliphatic rings. The van der Waals surface area contributed by atoms with Crippen LogP contribution >= 0.6 is 11.6 Å². The first-order chi connectivity index (χ1) is 9.01. The van der Waals surface area contributed by atoms with Crippen LogP contribution in [0.25, 0.3) is 11.2 Å². The van der Waals surface area contributed by atoms with Crippen molar-refractivity contribution in [2.24, 2.45) is 7.05 Å². The summed E-state index contributed by atoms with van der Waals surface area (Å²) in [5.41, 5.74) is 2.46. The summed E-state index contributed by atoms with van der Waals surface area (Å²) in [6.45, 7) is 3.68. The van der Waals surface area contributed by atoms with E-state index < -0.39 is 6.04 Å². The summed E-state index contributed by atoms with van der Waals surface area (Å²) in [6.07, 6.45) is 0.594. The molecule has 0 aliphatic carbocycles. The van der Waals surface area contributed by atoms with Gasteiger partial charge in [0, 0.05) is 19.3 Å². The summed E-state index contributed by atoms with van der Waals surface area (Å²) >= 11 is 5.81. The lowest BCUT2D eigenvalue weighted by Crippen LogP contribution is -2.21. The van der Waals surface area contributed by atoms with Gasteiger partial charge in [0.25, 0.3) is 0 Å². The third kappa shape index (κ3) is 2.20. The lowest BCUT2D eigenvalue weighted by molar-refractivity contribution is -0.144. The summed E-state index contributed by atoms with van der Waals surface area (Å²) in [5.74, 6) is 0.914. The van der Waals surface area contributed by atoms with E-state index in [4.69, 9.17) is 16.3 Å². The Hall–Kier alpha value is -1.56. The molecule has 2 heterocycles. The van der Waals surface area contributed by atoms with Gasteiger partial charge in [-0.2, -0.15) is 5.10 Å². The van der Waals surface area contributed by atoms with Crippen LogP contribution in [0.3, 0.4) is 0 Å². The van der Waals surface area contributed by atoms with Gasteiger partial charge in [0.1, 0.15) is 17.4 Å². The lowest BCUT2D eigenvalue weighted by Gasteiger charge is -2.15. The van der Waals surface area contributed by atoms with Gasteiger partial charge in [-0.1, -0.05) is 0 Å².